The molecule has 32 heavy (non-hydrogen) atoms. The molecule has 1 fully saturated rings. The fourth-order valence-electron chi connectivity index (χ4n) is 3.85. The minimum atomic E-state index is -0.0687. The first kappa shape index (κ1) is 20.3. The van der Waals surface area contributed by atoms with Gasteiger partial charge < -0.3 is 10.1 Å². The van der Waals surface area contributed by atoms with Crippen LogP contribution in [0, 0.1) is 0 Å². The monoisotopic (exact) mass is 431 g/mol. The number of aromatic nitrogens is 5. The summed E-state index contributed by atoms with van der Waals surface area (Å²) in [6, 6.07) is 15.2. The highest BCUT2D eigenvalue weighted by Gasteiger charge is 2.13. The van der Waals surface area contributed by atoms with Crippen molar-refractivity contribution >= 4 is 16.8 Å². The molecule has 0 radical (unpaired) electrons. The minimum Gasteiger partial charge on any atom is -0.379 e. The molecule has 0 saturated carbocycles. The van der Waals surface area contributed by atoms with Crippen molar-refractivity contribution in [2.45, 2.75) is 6.42 Å². The summed E-state index contributed by atoms with van der Waals surface area (Å²) in [5.74, 6) is -0.0687. The van der Waals surface area contributed by atoms with Crippen LogP contribution in [0.5, 0.6) is 0 Å². The zero-order chi connectivity index (χ0) is 21.8. The fourth-order valence-corrected chi connectivity index (χ4v) is 3.85. The molecule has 5 rings (SSSR count). The molecule has 0 spiro atoms. The van der Waals surface area contributed by atoms with Gasteiger partial charge in [-0.25, -0.2) is 4.68 Å². The van der Waals surface area contributed by atoms with Gasteiger partial charge in [0.05, 0.1) is 30.6 Å². The van der Waals surface area contributed by atoms with Crippen LogP contribution in [0.15, 0.2) is 54.7 Å². The van der Waals surface area contributed by atoms with Gasteiger partial charge in [-0.05, 0) is 43.3 Å². The molecule has 1 saturated heterocycles. The highest BCUT2D eigenvalue weighted by atomic mass is 16.5. The number of ether oxygens (including phenoxy) is 1. The van der Waals surface area contributed by atoms with Crippen LogP contribution < -0.4 is 5.32 Å². The quantitative estimate of drug-likeness (QED) is 0.436. The molecule has 0 unspecified atom stereocenters. The van der Waals surface area contributed by atoms with Gasteiger partial charge in [0, 0.05) is 30.6 Å². The number of para-hydroxylation sites is 1. The van der Waals surface area contributed by atoms with Crippen molar-refractivity contribution in [3.05, 3.63) is 60.3 Å². The largest absolute Gasteiger partial charge is 0.379 e. The maximum absolute atomic E-state index is 12.4. The third-order valence-electron chi connectivity index (χ3n) is 5.64. The molecule has 2 aromatic heterocycles. The van der Waals surface area contributed by atoms with Crippen LogP contribution in [-0.2, 0) is 4.74 Å². The maximum Gasteiger partial charge on any atom is 0.251 e. The Balaban J connectivity index is 1.19. The Bertz CT molecular complexity index is 1190. The first-order chi connectivity index (χ1) is 15.8. The van der Waals surface area contributed by atoms with Crippen molar-refractivity contribution in [3.63, 3.8) is 0 Å². The summed E-state index contributed by atoms with van der Waals surface area (Å²) in [4.78, 5) is 14.8. The molecule has 2 aromatic carbocycles. The summed E-state index contributed by atoms with van der Waals surface area (Å²) in [5.41, 5.74) is 3.85. The summed E-state index contributed by atoms with van der Waals surface area (Å²) in [7, 11) is 0. The summed E-state index contributed by atoms with van der Waals surface area (Å²) >= 11 is 0. The standard InChI is InChI=1S/C23H25N7O2/c31-23(24-10-3-11-29-12-14-32-15-13-29)17-6-8-18(9-7-17)30-16-21(26-28-30)22-19-4-1-2-5-20(19)25-27-22/h1-2,4-9,16H,3,10-15H2,(H,24,31)(H,25,27). The Labute approximate surface area is 185 Å². The Morgan fingerprint density at radius 1 is 1.09 bits per heavy atom. The first-order valence-electron chi connectivity index (χ1n) is 10.8. The molecular formula is C23H25N7O2. The van der Waals surface area contributed by atoms with E-state index >= 15 is 0 Å². The zero-order valence-electron chi connectivity index (χ0n) is 17.7. The lowest BCUT2D eigenvalue weighted by molar-refractivity contribution is 0.0374. The average Bonchev–Trinajstić information content (AvgIpc) is 3.50. The average molecular weight is 432 g/mol. The van der Waals surface area contributed by atoms with Gasteiger partial charge in [-0.1, -0.05) is 23.4 Å². The van der Waals surface area contributed by atoms with E-state index in [2.05, 4.69) is 30.7 Å². The molecule has 0 bridgehead atoms. The van der Waals surface area contributed by atoms with Gasteiger partial charge in [-0.2, -0.15) is 5.10 Å². The molecule has 1 aliphatic heterocycles. The number of rotatable bonds is 7. The van der Waals surface area contributed by atoms with E-state index in [1.165, 1.54) is 0 Å². The molecule has 164 valence electrons. The summed E-state index contributed by atoms with van der Waals surface area (Å²) in [6.07, 6.45) is 2.76. The second-order valence-corrected chi connectivity index (χ2v) is 7.78. The number of morpholine rings is 1. The molecule has 1 amide bonds. The SMILES string of the molecule is O=C(NCCCN1CCOCC1)c1ccc(-n2cc(-c3n[nH]c4ccccc34)nn2)cc1. The van der Waals surface area contributed by atoms with Gasteiger partial charge in [-0.3, -0.25) is 14.8 Å². The summed E-state index contributed by atoms with van der Waals surface area (Å²) < 4.78 is 7.04. The van der Waals surface area contributed by atoms with Gasteiger partial charge in [0.15, 0.2) is 0 Å². The number of aromatic amines is 1. The predicted octanol–water partition coefficient (Wildman–Crippen LogP) is 2.26. The lowest BCUT2D eigenvalue weighted by Crippen LogP contribution is -2.38. The molecule has 0 atom stereocenters. The van der Waals surface area contributed by atoms with Crippen LogP contribution in [0.2, 0.25) is 0 Å². The van der Waals surface area contributed by atoms with Crippen molar-refractivity contribution in [2.75, 3.05) is 39.4 Å². The fraction of sp³-hybridized carbons (Fsp3) is 0.304. The first-order valence-corrected chi connectivity index (χ1v) is 10.8. The van der Waals surface area contributed by atoms with E-state index < -0.39 is 0 Å². The lowest BCUT2D eigenvalue weighted by Gasteiger charge is -2.26. The van der Waals surface area contributed by atoms with Crippen LogP contribution in [0.3, 0.4) is 0 Å². The second-order valence-electron chi connectivity index (χ2n) is 7.78. The van der Waals surface area contributed by atoms with Crippen LogP contribution in [0.4, 0.5) is 0 Å². The van der Waals surface area contributed by atoms with E-state index in [-0.39, 0.29) is 5.91 Å². The molecule has 0 aliphatic carbocycles. The number of nitrogens with one attached hydrogen (secondary N) is 2. The van der Waals surface area contributed by atoms with Crippen molar-refractivity contribution in [1.29, 1.82) is 0 Å². The number of carbonyl (C=O) groups excluding carboxylic acids is 1. The van der Waals surface area contributed by atoms with Crippen molar-refractivity contribution in [2.24, 2.45) is 0 Å². The van der Waals surface area contributed by atoms with E-state index in [4.69, 9.17) is 4.74 Å². The Morgan fingerprint density at radius 2 is 1.91 bits per heavy atom. The van der Waals surface area contributed by atoms with Crippen LogP contribution >= 0.6 is 0 Å². The maximum atomic E-state index is 12.4. The number of carbonyl (C=O) groups is 1. The third-order valence-corrected chi connectivity index (χ3v) is 5.64. The molecule has 1 aliphatic rings. The number of benzene rings is 2. The molecule has 3 heterocycles. The van der Waals surface area contributed by atoms with Crippen molar-refractivity contribution in [1.82, 2.24) is 35.4 Å². The Kier molecular flexibility index (Phi) is 5.91. The van der Waals surface area contributed by atoms with Crippen molar-refractivity contribution in [3.8, 4) is 17.1 Å². The second kappa shape index (κ2) is 9.29. The predicted molar refractivity (Wildman–Crippen MR) is 121 cm³/mol. The van der Waals surface area contributed by atoms with E-state index in [0.29, 0.717) is 17.8 Å². The Morgan fingerprint density at radius 3 is 2.75 bits per heavy atom. The van der Waals surface area contributed by atoms with Crippen LogP contribution in [0.25, 0.3) is 28.0 Å². The van der Waals surface area contributed by atoms with Crippen LogP contribution in [-0.4, -0.2) is 75.4 Å². The topological polar surface area (TPSA) is 101 Å². The van der Waals surface area contributed by atoms with Crippen molar-refractivity contribution < 1.29 is 9.53 Å². The van der Waals surface area contributed by atoms with Gasteiger partial charge >= 0.3 is 0 Å². The normalized spacial score (nSPS) is 14.6. The van der Waals surface area contributed by atoms with E-state index in [0.717, 1.165) is 61.6 Å². The van der Waals surface area contributed by atoms with E-state index in [1.807, 2.05) is 42.6 Å². The molecule has 9 nitrogen and oxygen atoms in total. The number of fused-ring (bicyclic) bond motifs is 1. The highest BCUT2D eigenvalue weighted by Crippen LogP contribution is 2.24. The number of amides is 1. The number of hydrogen-bond acceptors (Lipinski definition) is 6. The van der Waals surface area contributed by atoms with Crippen LogP contribution in [0.1, 0.15) is 16.8 Å². The number of nitrogens with zero attached hydrogens (tertiary/aromatic N) is 5. The van der Waals surface area contributed by atoms with E-state index in [9.17, 15) is 4.79 Å². The molecule has 4 aromatic rings. The summed E-state index contributed by atoms with van der Waals surface area (Å²) in [5, 5.41) is 19.9. The lowest BCUT2D eigenvalue weighted by atomic mass is 10.2. The zero-order valence-corrected chi connectivity index (χ0v) is 17.7. The number of H-pyrrole nitrogens is 1. The summed E-state index contributed by atoms with van der Waals surface area (Å²) in [6.45, 7) is 5.16. The molecule has 9 heteroatoms. The van der Waals surface area contributed by atoms with Gasteiger partial charge in [0.25, 0.3) is 5.91 Å². The smallest absolute Gasteiger partial charge is 0.251 e. The number of hydrogen-bond donors (Lipinski definition) is 2. The van der Waals surface area contributed by atoms with Gasteiger partial charge in [0.2, 0.25) is 0 Å². The Hall–Kier alpha value is -3.56. The van der Waals surface area contributed by atoms with Gasteiger partial charge in [0.1, 0.15) is 11.4 Å². The van der Waals surface area contributed by atoms with E-state index in [1.54, 1.807) is 16.8 Å². The molecular weight excluding hydrogens is 406 g/mol. The molecule has 2 N–H and O–H groups in total. The highest BCUT2D eigenvalue weighted by molar-refractivity contribution is 5.94. The van der Waals surface area contributed by atoms with Gasteiger partial charge in [-0.15, -0.1) is 5.10 Å². The minimum absolute atomic E-state index is 0.0687. The third kappa shape index (κ3) is 4.39.